The first-order valence-corrected chi connectivity index (χ1v) is 8.91. The van der Waals surface area contributed by atoms with Crippen molar-refractivity contribution in [1.82, 2.24) is 10.2 Å². The van der Waals surface area contributed by atoms with Gasteiger partial charge in [0, 0.05) is 11.3 Å². The maximum Gasteiger partial charge on any atom is 0.157 e. The largest absolute Gasteiger partial charge is 0.384 e. The highest BCUT2D eigenvalue weighted by atomic mass is 15.2. The van der Waals surface area contributed by atoms with E-state index in [9.17, 15) is 5.26 Å². The highest BCUT2D eigenvalue weighted by molar-refractivity contribution is 5.67. The van der Waals surface area contributed by atoms with Gasteiger partial charge in [0.2, 0.25) is 0 Å². The van der Waals surface area contributed by atoms with Crippen LogP contribution in [0.4, 0.5) is 5.82 Å². The molecule has 0 amide bonds. The molecule has 3 rings (SSSR count). The molecule has 0 aliphatic carbocycles. The minimum Gasteiger partial charge on any atom is -0.384 e. The number of rotatable bonds is 4. The summed E-state index contributed by atoms with van der Waals surface area (Å²) >= 11 is 0. The van der Waals surface area contributed by atoms with Gasteiger partial charge in [-0.25, -0.2) is 0 Å². The summed E-state index contributed by atoms with van der Waals surface area (Å²) in [5.41, 5.74) is 13.9. The van der Waals surface area contributed by atoms with Gasteiger partial charge in [0.1, 0.15) is 5.82 Å². The monoisotopic (exact) mass is 335 g/mol. The lowest BCUT2D eigenvalue weighted by Gasteiger charge is -2.29. The minimum absolute atomic E-state index is 0.171. The van der Waals surface area contributed by atoms with Gasteiger partial charge >= 0.3 is 0 Å². The second-order valence-electron chi connectivity index (χ2n) is 6.50. The van der Waals surface area contributed by atoms with Crippen LogP contribution < -0.4 is 11.1 Å². The molecule has 1 unspecified atom stereocenters. The molecule has 4 N–H and O–H groups in total. The van der Waals surface area contributed by atoms with Gasteiger partial charge in [-0.15, -0.1) is 0 Å². The van der Waals surface area contributed by atoms with Gasteiger partial charge in [-0.3, -0.25) is 5.10 Å². The molecule has 1 aliphatic rings. The number of H-pyrrole nitrogens is 1. The number of anilines is 1. The van der Waals surface area contributed by atoms with Crippen LogP contribution in [-0.2, 0) is 19.3 Å². The summed E-state index contributed by atoms with van der Waals surface area (Å²) in [6, 6.07) is 6.89. The van der Waals surface area contributed by atoms with E-state index in [0.29, 0.717) is 11.4 Å². The minimum atomic E-state index is -0.171. The maximum absolute atomic E-state index is 9.82. The highest BCUT2D eigenvalue weighted by Gasteiger charge is 2.34. The van der Waals surface area contributed by atoms with E-state index in [1.54, 1.807) is 0 Å². The van der Waals surface area contributed by atoms with E-state index in [2.05, 4.69) is 54.5 Å². The normalized spacial score (nSPS) is 16.4. The molecule has 25 heavy (non-hydrogen) atoms. The number of fused-ring (bicyclic) bond motifs is 1. The Morgan fingerprint density at radius 2 is 1.76 bits per heavy atom. The summed E-state index contributed by atoms with van der Waals surface area (Å²) in [5, 5.41) is 20.3. The molecule has 2 aromatic rings. The Morgan fingerprint density at radius 3 is 2.28 bits per heavy atom. The molecule has 0 saturated heterocycles. The molecular weight excluding hydrogens is 310 g/mol. The zero-order chi connectivity index (χ0) is 18.1. The number of aryl methyl sites for hydroxylation is 4. The van der Waals surface area contributed by atoms with Crippen LogP contribution >= 0.6 is 0 Å². The maximum atomic E-state index is 9.82. The number of nitrogens with two attached hydrogens (primary N) is 1. The molecule has 1 aromatic heterocycles. The van der Waals surface area contributed by atoms with Gasteiger partial charge in [0.15, 0.2) is 5.82 Å². The van der Waals surface area contributed by atoms with E-state index in [4.69, 9.17) is 5.73 Å². The van der Waals surface area contributed by atoms with E-state index in [1.807, 2.05) is 6.92 Å². The van der Waals surface area contributed by atoms with E-state index < -0.39 is 0 Å². The Hall–Kier alpha value is -2.74. The van der Waals surface area contributed by atoms with Crippen molar-refractivity contribution in [1.29, 1.82) is 5.26 Å². The van der Waals surface area contributed by atoms with Gasteiger partial charge in [-0.1, -0.05) is 32.9 Å². The fourth-order valence-corrected chi connectivity index (χ4v) is 3.81. The van der Waals surface area contributed by atoms with Crippen LogP contribution in [0.25, 0.3) is 0 Å². The van der Waals surface area contributed by atoms with Crippen LogP contribution in [0.1, 0.15) is 60.2 Å². The predicted octanol–water partition coefficient (Wildman–Crippen LogP) is 3.66. The van der Waals surface area contributed by atoms with E-state index >= 15 is 0 Å². The van der Waals surface area contributed by atoms with Crippen molar-refractivity contribution in [3.05, 3.63) is 57.0 Å². The Labute approximate surface area is 148 Å². The third-order valence-electron chi connectivity index (χ3n) is 5.11. The van der Waals surface area contributed by atoms with Crippen LogP contribution in [0, 0.1) is 18.3 Å². The lowest BCUT2D eigenvalue weighted by molar-refractivity contribution is 0.868. The molecular formula is C20H25N5. The fourth-order valence-electron chi connectivity index (χ4n) is 3.81. The van der Waals surface area contributed by atoms with E-state index in [-0.39, 0.29) is 5.92 Å². The zero-order valence-corrected chi connectivity index (χ0v) is 15.3. The Bertz CT molecular complexity index is 857. The molecule has 5 nitrogen and oxygen atoms in total. The van der Waals surface area contributed by atoms with Crippen molar-refractivity contribution in [3.63, 3.8) is 0 Å². The molecule has 1 aliphatic heterocycles. The number of aromatic amines is 1. The third-order valence-corrected chi connectivity index (χ3v) is 5.11. The molecule has 0 radical (unpaired) electrons. The third kappa shape index (κ3) is 2.68. The lowest BCUT2D eigenvalue weighted by Crippen LogP contribution is -2.24. The molecule has 0 saturated carbocycles. The summed E-state index contributed by atoms with van der Waals surface area (Å²) in [5.74, 6) is 0.952. The molecule has 1 atom stereocenters. The van der Waals surface area contributed by atoms with E-state index in [0.717, 1.165) is 36.3 Å². The second kappa shape index (κ2) is 6.64. The smallest absolute Gasteiger partial charge is 0.157 e. The Kier molecular flexibility index (Phi) is 4.54. The van der Waals surface area contributed by atoms with Gasteiger partial charge in [0.25, 0.3) is 0 Å². The number of hydrogen-bond donors (Lipinski definition) is 3. The van der Waals surface area contributed by atoms with Crippen LogP contribution in [0.3, 0.4) is 0 Å². The SMILES string of the molecule is CCc1cc(CC)c(C2C(C#N)=C(N)Nc3n[nH]c(C)c32)c(CC)c1. The Balaban J connectivity index is 2.34. The molecule has 130 valence electrons. The molecule has 0 bridgehead atoms. The van der Waals surface area contributed by atoms with Crippen molar-refractivity contribution >= 4 is 5.82 Å². The van der Waals surface area contributed by atoms with Crippen molar-refractivity contribution in [2.75, 3.05) is 5.32 Å². The fraction of sp³-hybridized carbons (Fsp3) is 0.400. The van der Waals surface area contributed by atoms with E-state index in [1.165, 1.54) is 22.3 Å². The summed E-state index contributed by atoms with van der Waals surface area (Å²) in [6.07, 6.45) is 2.85. The average molecular weight is 335 g/mol. The molecule has 0 spiro atoms. The molecule has 1 aromatic carbocycles. The van der Waals surface area contributed by atoms with Gasteiger partial charge in [-0.05, 0) is 48.4 Å². The zero-order valence-electron chi connectivity index (χ0n) is 15.3. The standard InChI is InChI=1S/C20H25N5/c1-5-12-8-13(6-2)17(14(7-3)9-12)18-15(10-21)19(22)23-20-16(18)11(4)24-25-20/h8-9,18H,5-7,22H2,1-4H3,(H2,23,24,25). The summed E-state index contributed by atoms with van der Waals surface area (Å²) in [7, 11) is 0. The average Bonchev–Trinajstić information content (AvgIpc) is 2.99. The van der Waals surface area contributed by atoms with Gasteiger partial charge in [-0.2, -0.15) is 10.4 Å². The predicted molar refractivity (Wildman–Crippen MR) is 100 cm³/mol. The first-order chi connectivity index (χ1) is 12.0. The van der Waals surface area contributed by atoms with Gasteiger partial charge in [0.05, 0.1) is 17.6 Å². The number of aromatic nitrogens is 2. The van der Waals surface area contributed by atoms with Gasteiger partial charge < -0.3 is 11.1 Å². The number of hydrogen-bond acceptors (Lipinski definition) is 4. The number of nitrogens with one attached hydrogen (secondary N) is 2. The number of allylic oxidation sites excluding steroid dienone is 1. The lowest BCUT2D eigenvalue weighted by atomic mass is 9.77. The van der Waals surface area contributed by atoms with Crippen LogP contribution in [-0.4, -0.2) is 10.2 Å². The topological polar surface area (TPSA) is 90.5 Å². The molecule has 5 heteroatoms. The summed E-state index contributed by atoms with van der Waals surface area (Å²) < 4.78 is 0. The first kappa shape index (κ1) is 17.1. The molecule has 2 heterocycles. The van der Waals surface area contributed by atoms with Crippen molar-refractivity contribution in [2.45, 2.75) is 52.9 Å². The summed E-state index contributed by atoms with van der Waals surface area (Å²) in [6.45, 7) is 8.51. The number of nitrogens with zero attached hydrogens (tertiary/aromatic N) is 2. The highest BCUT2D eigenvalue weighted by Crippen LogP contribution is 2.44. The number of nitriles is 1. The van der Waals surface area contributed by atoms with Crippen LogP contribution in [0.2, 0.25) is 0 Å². The van der Waals surface area contributed by atoms with Crippen LogP contribution in [0.5, 0.6) is 0 Å². The summed E-state index contributed by atoms with van der Waals surface area (Å²) in [4.78, 5) is 0. The first-order valence-electron chi connectivity index (χ1n) is 8.91. The van der Waals surface area contributed by atoms with Crippen molar-refractivity contribution in [2.24, 2.45) is 5.73 Å². The van der Waals surface area contributed by atoms with Crippen molar-refractivity contribution < 1.29 is 0 Å². The number of benzene rings is 1. The molecule has 0 fully saturated rings. The Morgan fingerprint density at radius 1 is 1.12 bits per heavy atom. The van der Waals surface area contributed by atoms with Crippen LogP contribution in [0.15, 0.2) is 23.5 Å². The van der Waals surface area contributed by atoms with Crippen molar-refractivity contribution in [3.8, 4) is 6.07 Å². The quantitative estimate of drug-likeness (QED) is 0.795. The second-order valence-corrected chi connectivity index (χ2v) is 6.50.